The number of carbonyl (C=O) groups excluding carboxylic acids is 1. The summed E-state index contributed by atoms with van der Waals surface area (Å²) in [5.74, 6) is 0.123. The number of carbonyl (C=O) groups is 1. The van der Waals surface area contributed by atoms with Gasteiger partial charge in [0.15, 0.2) is 0 Å². The number of thiophene rings is 1. The first-order valence-electron chi connectivity index (χ1n) is 7.51. The van der Waals surface area contributed by atoms with E-state index in [9.17, 15) is 4.79 Å². The van der Waals surface area contributed by atoms with Crippen molar-refractivity contribution in [3.63, 3.8) is 0 Å². The van der Waals surface area contributed by atoms with E-state index < -0.39 is 0 Å². The van der Waals surface area contributed by atoms with Gasteiger partial charge in [-0.3, -0.25) is 9.69 Å². The third kappa shape index (κ3) is 3.83. The van der Waals surface area contributed by atoms with Crippen LogP contribution in [-0.4, -0.2) is 67.2 Å². The maximum atomic E-state index is 12.2. The van der Waals surface area contributed by atoms with E-state index in [0.717, 1.165) is 45.8 Å². The lowest BCUT2D eigenvalue weighted by molar-refractivity contribution is -0.147. The van der Waals surface area contributed by atoms with Crippen molar-refractivity contribution in [2.45, 2.75) is 19.1 Å². The maximum Gasteiger partial charge on any atom is 0.248 e. The first kappa shape index (κ1) is 15.0. The quantitative estimate of drug-likeness (QED) is 0.873. The Hall–Kier alpha value is -0.950. The van der Waals surface area contributed by atoms with Gasteiger partial charge in [0, 0.05) is 45.8 Å². The predicted octanol–water partition coefficient (Wildman–Crippen LogP) is 0.771. The zero-order chi connectivity index (χ0) is 14.7. The van der Waals surface area contributed by atoms with Gasteiger partial charge in [-0.1, -0.05) is 0 Å². The average molecular weight is 309 g/mol. The smallest absolute Gasteiger partial charge is 0.248 e. The number of ether oxygens (including phenoxy) is 1. The summed E-state index contributed by atoms with van der Waals surface area (Å²) in [6.07, 6.45) is 0. The van der Waals surface area contributed by atoms with Gasteiger partial charge >= 0.3 is 0 Å². The van der Waals surface area contributed by atoms with Crippen LogP contribution in [0.5, 0.6) is 0 Å². The average Bonchev–Trinajstić information content (AvgIpc) is 2.96. The Bertz CT molecular complexity index is 465. The number of hydrogen-bond donors (Lipinski definition) is 1. The van der Waals surface area contributed by atoms with Crippen LogP contribution in [0, 0.1) is 0 Å². The molecule has 0 spiro atoms. The van der Waals surface area contributed by atoms with E-state index >= 15 is 0 Å². The third-order valence-corrected chi connectivity index (χ3v) is 4.99. The molecule has 2 aliphatic heterocycles. The number of amides is 1. The van der Waals surface area contributed by atoms with Gasteiger partial charge in [0.25, 0.3) is 0 Å². The van der Waals surface area contributed by atoms with Crippen molar-refractivity contribution in [2.24, 2.45) is 0 Å². The van der Waals surface area contributed by atoms with E-state index in [2.05, 4.69) is 34.0 Å². The van der Waals surface area contributed by atoms with Crippen molar-refractivity contribution >= 4 is 17.2 Å². The molecule has 2 aliphatic rings. The lowest BCUT2D eigenvalue weighted by atomic mass is 10.0. The molecule has 0 aliphatic carbocycles. The molecular weight excluding hydrogens is 286 g/mol. The van der Waals surface area contributed by atoms with Crippen LogP contribution < -0.4 is 5.32 Å². The van der Waals surface area contributed by atoms with Crippen molar-refractivity contribution in [3.05, 3.63) is 22.4 Å². The van der Waals surface area contributed by atoms with E-state index in [-0.39, 0.29) is 18.1 Å². The summed E-state index contributed by atoms with van der Waals surface area (Å²) in [6, 6.07) is 2.17. The highest BCUT2D eigenvalue weighted by molar-refractivity contribution is 7.07. The molecule has 6 heteroatoms. The molecule has 3 rings (SSSR count). The highest BCUT2D eigenvalue weighted by atomic mass is 32.1. The van der Waals surface area contributed by atoms with Crippen molar-refractivity contribution < 1.29 is 9.53 Å². The minimum Gasteiger partial charge on any atom is -0.363 e. The topological polar surface area (TPSA) is 44.8 Å². The zero-order valence-corrected chi connectivity index (χ0v) is 13.3. The van der Waals surface area contributed by atoms with E-state index in [1.807, 2.05) is 4.90 Å². The Morgan fingerprint density at radius 2 is 2.14 bits per heavy atom. The summed E-state index contributed by atoms with van der Waals surface area (Å²) in [4.78, 5) is 16.5. The Kier molecular flexibility index (Phi) is 4.59. The lowest BCUT2D eigenvalue weighted by Crippen LogP contribution is -2.60. The summed E-state index contributed by atoms with van der Waals surface area (Å²) in [7, 11) is 0. The largest absolute Gasteiger partial charge is 0.363 e. The highest BCUT2D eigenvalue weighted by Crippen LogP contribution is 2.16. The van der Waals surface area contributed by atoms with Crippen LogP contribution in [-0.2, 0) is 16.1 Å². The van der Waals surface area contributed by atoms with Crippen molar-refractivity contribution in [3.8, 4) is 0 Å². The second kappa shape index (κ2) is 6.44. The highest BCUT2D eigenvalue weighted by Gasteiger charge is 2.33. The van der Waals surface area contributed by atoms with E-state index in [1.165, 1.54) is 5.56 Å². The first-order chi connectivity index (χ1) is 10.1. The number of hydrogen-bond acceptors (Lipinski definition) is 5. The fraction of sp³-hybridized carbons (Fsp3) is 0.667. The molecule has 1 aromatic rings. The van der Waals surface area contributed by atoms with Crippen LogP contribution in [0.4, 0.5) is 0 Å². The van der Waals surface area contributed by atoms with Crippen LogP contribution in [0.2, 0.25) is 0 Å². The first-order valence-corrected chi connectivity index (χ1v) is 8.45. The molecule has 0 unspecified atom stereocenters. The summed E-state index contributed by atoms with van der Waals surface area (Å²) in [5.41, 5.74) is 1.23. The van der Waals surface area contributed by atoms with E-state index in [0.29, 0.717) is 0 Å². The molecule has 0 bridgehead atoms. The molecule has 2 saturated heterocycles. The van der Waals surface area contributed by atoms with Crippen LogP contribution in [0.25, 0.3) is 0 Å². The molecule has 0 saturated carbocycles. The monoisotopic (exact) mass is 309 g/mol. The normalized spacial score (nSPS) is 22.0. The number of piperazine rings is 1. The Morgan fingerprint density at radius 1 is 1.38 bits per heavy atom. The molecular formula is C15H23N3O2S. The molecule has 2 fully saturated rings. The molecule has 116 valence electrons. The van der Waals surface area contributed by atoms with Crippen LogP contribution >= 0.6 is 11.3 Å². The summed E-state index contributed by atoms with van der Waals surface area (Å²) < 4.78 is 5.73. The third-order valence-electron chi connectivity index (χ3n) is 4.25. The van der Waals surface area contributed by atoms with Crippen LogP contribution in [0.15, 0.2) is 16.8 Å². The molecule has 0 aromatic carbocycles. The molecule has 5 nitrogen and oxygen atoms in total. The second-order valence-corrected chi connectivity index (χ2v) is 6.91. The van der Waals surface area contributed by atoms with Gasteiger partial charge in [-0.15, -0.1) is 0 Å². The Labute approximate surface area is 129 Å². The second-order valence-electron chi connectivity index (χ2n) is 6.13. The van der Waals surface area contributed by atoms with Gasteiger partial charge in [-0.2, -0.15) is 11.3 Å². The number of nitrogens with zero attached hydrogens (tertiary/aromatic N) is 2. The minimum atomic E-state index is -0.142. The van der Waals surface area contributed by atoms with Crippen molar-refractivity contribution in [2.75, 3.05) is 45.9 Å². The molecule has 0 atom stereocenters. The van der Waals surface area contributed by atoms with Gasteiger partial charge in [0.2, 0.25) is 5.91 Å². The van der Waals surface area contributed by atoms with Gasteiger partial charge in [0.05, 0.1) is 5.60 Å². The van der Waals surface area contributed by atoms with Gasteiger partial charge < -0.3 is 15.0 Å². The Balaban J connectivity index is 1.39. The standard InChI is InChI=1S/C15H23N3O2S/c1-15(11-16-12-15)20-9-14(19)18-5-3-17(4-6-18)8-13-2-7-21-10-13/h2,7,10,16H,3-6,8-9,11-12H2,1H3. The Morgan fingerprint density at radius 3 is 2.71 bits per heavy atom. The summed E-state index contributed by atoms with van der Waals surface area (Å²) in [5, 5.41) is 7.48. The van der Waals surface area contributed by atoms with Gasteiger partial charge in [0.1, 0.15) is 6.61 Å². The van der Waals surface area contributed by atoms with Crippen LogP contribution in [0.3, 0.4) is 0 Å². The van der Waals surface area contributed by atoms with Crippen LogP contribution in [0.1, 0.15) is 12.5 Å². The fourth-order valence-corrected chi connectivity index (χ4v) is 3.36. The summed E-state index contributed by atoms with van der Waals surface area (Å²) in [6.45, 7) is 8.44. The molecule has 1 amide bonds. The molecule has 21 heavy (non-hydrogen) atoms. The van der Waals surface area contributed by atoms with Crippen molar-refractivity contribution in [1.29, 1.82) is 0 Å². The molecule has 1 N–H and O–H groups in total. The van der Waals surface area contributed by atoms with Crippen molar-refractivity contribution in [1.82, 2.24) is 15.1 Å². The maximum absolute atomic E-state index is 12.2. The van der Waals surface area contributed by atoms with Gasteiger partial charge in [-0.25, -0.2) is 0 Å². The van der Waals surface area contributed by atoms with E-state index in [1.54, 1.807) is 11.3 Å². The number of rotatable bonds is 5. The lowest BCUT2D eigenvalue weighted by Gasteiger charge is -2.40. The van der Waals surface area contributed by atoms with E-state index in [4.69, 9.17) is 4.74 Å². The SMILES string of the molecule is CC1(OCC(=O)N2CCN(Cc3ccsc3)CC2)CNC1. The molecule has 3 heterocycles. The summed E-state index contributed by atoms with van der Waals surface area (Å²) >= 11 is 1.74. The predicted molar refractivity (Wildman–Crippen MR) is 83.4 cm³/mol. The minimum absolute atomic E-state index is 0.123. The number of nitrogens with one attached hydrogen (secondary N) is 1. The van der Waals surface area contributed by atoms with Gasteiger partial charge in [-0.05, 0) is 29.3 Å². The molecule has 1 aromatic heterocycles. The fourth-order valence-electron chi connectivity index (χ4n) is 2.70. The zero-order valence-electron chi connectivity index (χ0n) is 12.5. The molecule has 0 radical (unpaired) electrons.